The molecule has 0 aliphatic heterocycles. The number of nitrogens with zero attached hydrogens (tertiary/aromatic N) is 2. The van der Waals surface area contributed by atoms with Gasteiger partial charge in [0, 0.05) is 19.5 Å². The maximum Gasteiger partial charge on any atom is 0.185 e. The van der Waals surface area contributed by atoms with Crippen molar-refractivity contribution in [2.45, 2.75) is 90.4 Å². The molecule has 0 saturated heterocycles. The molecular weight excluding hydrogens is 324 g/mol. The average molecular weight is 369 g/mol. The van der Waals surface area contributed by atoms with Crippen LogP contribution in [-0.2, 0) is 0 Å². The van der Waals surface area contributed by atoms with Crippen LogP contribution in [0.25, 0.3) is 0 Å². The van der Waals surface area contributed by atoms with E-state index in [4.69, 9.17) is 17.2 Å². The number of nitrogens with two attached hydrogens (primary N) is 3. The first kappa shape index (κ1) is 24.7. The minimum Gasteiger partial charge on any atom is -0.387 e. The van der Waals surface area contributed by atoms with Gasteiger partial charge >= 0.3 is 0 Å². The Morgan fingerprint density at radius 1 is 0.615 bits per heavy atom. The van der Waals surface area contributed by atoms with Crippen LogP contribution in [0.5, 0.6) is 0 Å². The molecule has 0 amide bonds. The second kappa shape index (κ2) is 20.0. The summed E-state index contributed by atoms with van der Waals surface area (Å²) in [6, 6.07) is 0. The van der Waals surface area contributed by atoms with Crippen molar-refractivity contribution in [2.24, 2.45) is 27.2 Å². The number of hydrogen-bond donors (Lipinski definition) is 4. The van der Waals surface area contributed by atoms with Crippen LogP contribution in [-0.4, -0.2) is 38.0 Å². The van der Waals surface area contributed by atoms with E-state index in [1.54, 1.807) is 0 Å². The third-order valence-electron chi connectivity index (χ3n) is 4.49. The summed E-state index contributed by atoms with van der Waals surface area (Å²) in [5.41, 5.74) is 16.3. The molecule has 0 spiro atoms. The maximum absolute atomic E-state index is 5.68. The first-order chi connectivity index (χ1) is 12.7. The molecule has 0 atom stereocenters. The summed E-state index contributed by atoms with van der Waals surface area (Å²) in [5.74, 6) is 0.998. The lowest BCUT2D eigenvalue weighted by molar-refractivity contribution is 0.540. The molecule has 0 aromatic carbocycles. The van der Waals surface area contributed by atoms with E-state index in [9.17, 15) is 0 Å². The van der Waals surface area contributed by atoms with Crippen molar-refractivity contribution in [3.63, 3.8) is 0 Å². The van der Waals surface area contributed by atoms with Crippen molar-refractivity contribution in [1.29, 1.82) is 0 Å². The van der Waals surface area contributed by atoms with Gasteiger partial charge in [0.05, 0.1) is 5.84 Å². The van der Waals surface area contributed by atoms with Gasteiger partial charge in [0.1, 0.15) is 0 Å². The molecule has 0 fully saturated rings. The highest BCUT2D eigenvalue weighted by Crippen LogP contribution is 2.06. The fourth-order valence-corrected chi connectivity index (χ4v) is 2.81. The lowest BCUT2D eigenvalue weighted by Gasteiger charge is -2.05. The van der Waals surface area contributed by atoms with Crippen molar-refractivity contribution < 1.29 is 0 Å². The first-order valence-corrected chi connectivity index (χ1v) is 10.7. The van der Waals surface area contributed by atoms with Crippen molar-refractivity contribution >= 4 is 11.8 Å². The topological polar surface area (TPSA) is 115 Å². The molecule has 0 aliphatic rings. The van der Waals surface area contributed by atoms with Gasteiger partial charge in [-0.05, 0) is 38.8 Å². The van der Waals surface area contributed by atoms with E-state index in [1.165, 1.54) is 70.6 Å². The van der Waals surface area contributed by atoms with Gasteiger partial charge in [-0.15, -0.1) is 0 Å². The summed E-state index contributed by atoms with van der Waals surface area (Å²) in [7, 11) is 0. The summed E-state index contributed by atoms with van der Waals surface area (Å²) in [6.07, 6.45) is 16.1. The van der Waals surface area contributed by atoms with Crippen LogP contribution in [0.3, 0.4) is 0 Å². The highest BCUT2D eigenvalue weighted by Gasteiger charge is 1.94. The van der Waals surface area contributed by atoms with E-state index in [2.05, 4.69) is 15.3 Å². The molecule has 0 aromatic rings. The largest absolute Gasteiger partial charge is 0.387 e. The van der Waals surface area contributed by atoms with E-state index in [1.807, 2.05) is 6.92 Å². The zero-order chi connectivity index (χ0) is 19.3. The minimum atomic E-state index is 0.207. The second-order valence-electron chi connectivity index (χ2n) is 7.03. The van der Waals surface area contributed by atoms with Gasteiger partial charge in [-0.3, -0.25) is 9.98 Å². The molecule has 6 heteroatoms. The summed E-state index contributed by atoms with van der Waals surface area (Å²) >= 11 is 0. The number of nitrogens with one attached hydrogen (secondary N) is 1. The fraction of sp³-hybridized carbons (Fsp3) is 0.900. The summed E-state index contributed by atoms with van der Waals surface area (Å²) in [6.45, 7) is 6.04. The van der Waals surface area contributed by atoms with Crippen LogP contribution >= 0.6 is 0 Å². The first-order valence-electron chi connectivity index (χ1n) is 10.7. The minimum absolute atomic E-state index is 0.207. The SMILES string of the molecule is CCC(N)=NCCCCCCCCNCCCCCCCCN=C(N)N. The van der Waals surface area contributed by atoms with Crippen LogP contribution in [0.2, 0.25) is 0 Å². The van der Waals surface area contributed by atoms with Crippen LogP contribution in [0.4, 0.5) is 0 Å². The van der Waals surface area contributed by atoms with Crippen LogP contribution in [0, 0.1) is 0 Å². The van der Waals surface area contributed by atoms with Crippen molar-refractivity contribution in [2.75, 3.05) is 26.2 Å². The number of unbranched alkanes of at least 4 members (excludes halogenated alkanes) is 10. The molecule has 0 aromatic heterocycles. The summed E-state index contributed by atoms with van der Waals surface area (Å²) in [4.78, 5) is 8.32. The van der Waals surface area contributed by atoms with Gasteiger partial charge in [-0.25, -0.2) is 0 Å². The number of guanidine groups is 1. The van der Waals surface area contributed by atoms with Crippen molar-refractivity contribution in [1.82, 2.24) is 5.32 Å². The maximum atomic E-state index is 5.68. The second-order valence-corrected chi connectivity index (χ2v) is 7.03. The van der Waals surface area contributed by atoms with Gasteiger partial charge in [-0.2, -0.15) is 0 Å². The molecule has 0 heterocycles. The summed E-state index contributed by atoms with van der Waals surface area (Å²) < 4.78 is 0. The van der Waals surface area contributed by atoms with Gasteiger partial charge in [0.25, 0.3) is 0 Å². The normalized spacial score (nSPS) is 11.7. The van der Waals surface area contributed by atoms with E-state index in [-0.39, 0.29) is 5.96 Å². The van der Waals surface area contributed by atoms with Gasteiger partial charge < -0.3 is 22.5 Å². The van der Waals surface area contributed by atoms with E-state index in [0.29, 0.717) is 0 Å². The quantitative estimate of drug-likeness (QED) is 0.159. The van der Waals surface area contributed by atoms with E-state index in [0.717, 1.165) is 44.9 Å². The third kappa shape index (κ3) is 20.7. The zero-order valence-electron chi connectivity index (χ0n) is 17.1. The number of aliphatic imine (C=N–C) groups is 2. The van der Waals surface area contributed by atoms with Crippen molar-refractivity contribution in [3.8, 4) is 0 Å². The zero-order valence-corrected chi connectivity index (χ0v) is 17.1. The number of hydrogen-bond acceptors (Lipinski definition) is 3. The Hall–Kier alpha value is -1.30. The molecule has 0 unspecified atom stereocenters. The Kier molecular flexibility index (Phi) is 19.0. The standard InChI is InChI=1S/C20H44N6/c1-2-19(21)25-17-13-9-5-3-7-11-15-24-16-12-8-4-6-10-14-18-26-20(22)23/h24H,2-18H2,1H3,(H2,21,25)(H4,22,23,26). The lowest BCUT2D eigenvalue weighted by atomic mass is 10.1. The Morgan fingerprint density at radius 3 is 1.50 bits per heavy atom. The molecule has 26 heavy (non-hydrogen) atoms. The fourth-order valence-electron chi connectivity index (χ4n) is 2.81. The average Bonchev–Trinajstić information content (AvgIpc) is 2.63. The predicted molar refractivity (Wildman–Crippen MR) is 116 cm³/mol. The predicted octanol–water partition coefficient (Wildman–Crippen LogP) is 3.30. The molecule has 0 aliphatic carbocycles. The van der Waals surface area contributed by atoms with Gasteiger partial charge in [0.2, 0.25) is 0 Å². The molecule has 154 valence electrons. The van der Waals surface area contributed by atoms with E-state index < -0.39 is 0 Å². The Balaban J connectivity index is 3.08. The van der Waals surface area contributed by atoms with Crippen LogP contribution < -0.4 is 22.5 Å². The summed E-state index contributed by atoms with van der Waals surface area (Å²) in [5, 5.41) is 3.56. The number of amidine groups is 1. The molecule has 7 N–H and O–H groups in total. The molecule has 6 nitrogen and oxygen atoms in total. The van der Waals surface area contributed by atoms with Crippen LogP contribution in [0.15, 0.2) is 9.98 Å². The highest BCUT2D eigenvalue weighted by molar-refractivity contribution is 5.79. The third-order valence-corrected chi connectivity index (χ3v) is 4.49. The molecular formula is C20H44N6. The Bertz CT molecular complexity index is 350. The molecule has 0 bridgehead atoms. The Morgan fingerprint density at radius 2 is 1.04 bits per heavy atom. The smallest absolute Gasteiger partial charge is 0.185 e. The van der Waals surface area contributed by atoms with E-state index >= 15 is 0 Å². The van der Waals surface area contributed by atoms with Gasteiger partial charge in [-0.1, -0.05) is 58.3 Å². The van der Waals surface area contributed by atoms with Crippen LogP contribution in [0.1, 0.15) is 90.4 Å². The molecule has 0 rings (SSSR count). The van der Waals surface area contributed by atoms with Crippen molar-refractivity contribution in [3.05, 3.63) is 0 Å². The number of rotatable bonds is 19. The molecule has 0 saturated carbocycles. The lowest BCUT2D eigenvalue weighted by Crippen LogP contribution is -2.22. The molecule has 0 radical (unpaired) electrons. The monoisotopic (exact) mass is 368 g/mol. The Labute approximate surface area is 161 Å². The highest BCUT2D eigenvalue weighted by atomic mass is 15.0. The van der Waals surface area contributed by atoms with Gasteiger partial charge in [0.15, 0.2) is 5.96 Å².